The van der Waals surface area contributed by atoms with Crippen molar-refractivity contribution >= 4 is 0 Å². The van der Waals surface area contributed by atoms with Gasteiger partial charge in [-0.2, -0.15) is 0 Å². The quantitative estimate of drug-likeness (QED) is 0.838. The van der Waals surface area contributed by atoms with Crippen LogP contribution >= 0.6 is 0 Å². The molecule has 2 rings (SSSR count). The lowest BCUT2D eigenvalue weighted by Gasteiger charge is -2.44. The molecule has 1 aromatic rings. The smallest absolute Gasteiger partial charge is 0.0544 e. The molecule has 1 fully saturated rings. The van der Waals surface area contributed by atoms with Gasteiger partial charge in [0.2, 0.25) is 0 Å². The van der Waals surface area contributed by atoms with E-state index in [-0.39, 0.29) is 5.54 Å². The van der Waals surface area contributed by atoms with Crippen LogP contribution in [0, 0.1) is 0 Å². The summed E-state index contributed by atoms with van der Waals surface area (Å²) < 4.78 is 0. The summed E-state index contributed by atoms with van der Waals surface area (Å²) in [6.45, 7) is 8.84. The van der Waals surface area contributed by atoms with Gasteiger partial charge in [-0.15, -0.1) is 0 Å². The van der Waals surface area contributed by atoms with Gasteiger partial charge < -0.3 is 5.32 Å². The third-order valence-corrected chi connectivity index (χ3v) is 3.67. The zero-order valence-corrected chi connectivity index (χ0v) is 10.2. The largest absolute Gasteiger partial charge is 0.314 e. The van der Waals surface area contributed by atoms with E-state index in [1.54, 1.807) is 0 Å². The van der Waals surface area contributed by atoms with Crippen LogP contribution in [0.2, 0.25) is 0 Å². The maximum absolute atomic E-state index is 4.41. The Balaban J connectivity index is 2.07. The van der Waals surface area contributed by atoms with Crippen molar-refractivity contribution in [2.75, 3.05) is 19.6 Å². The van der Waals surface area contributed by atoms with E-state index in [4.69, 9.17) is 0 Å². The van der Waals surface area contributed by atoms with Crippen LogP contribution in [0.25, 0.3) is 0 Å². The summed E-state index contributed by atoms with van der Waals surface area (Å²) in [5.74, 6) is 0. The maximum atomic E-state index is 4.41. The maximum Gasteiger partial charge on any atom is 0.0544 e. The van der Waals surface area contributed by atoms with E-state index in [1.165, 1.54) is 12.1 Å². The van der Waals surface area contributed by atoms with Gasteiger partial charge in [-0.3, -0.25) is 9.88 Å². The molecule has 1 aromatic heterocycles. The van der Waals surface area contributed by atoms with Crippen molar-refractivity contribution in [1.29, 1.82) is 0 Å². The lowest BCUT2D eigenvalue weighted by Crippen LogP contribution is -2.58. The number of rotatable bonds is 3. The van der Waals surface area contributed by atoms with Gasteiger partial charge in [-0.1, -0.05) is 13.0 Å². The third-order valence-electron chi connectivity index (χ3n) is 3.67. The van der Waals surface area contributed by atoms with Gasteiger partial charge in [0.1, 0.15) is 0 Å². The number of piperazine rings is 1. The van der Waals surface area contributed by atoms with Gasteiger partial charge in [0, 0.05) is 37.9 Å². The van der Waals surface area contributed by atoms with Crippen LogP contribution in [0.1, 0.15) is 26.0 Å². The van der Waals surface area contributed by atoms with E-state index in [1.807, 2.05) is 12.3 Å². The Bertz CT molecular complexity index is 325. The highest BCUT2D eigenvalue weighted by atomic mass is 15.3. The molecule has 0 saturated carbocycles. The van der Waals surface area contributed by atoms with Crippen LogP contribution in [-0.4, -0.2) is 35.1 Å². The topological polar surface area (TPSA) is 28.2 Å². The van der Waals surface area contributed by atoms with Crippen molar-refractivity contribution in [3.63, 3.8) is 0 Å². The van der Waals surface area contributed by atoms with E-state index in [9.17, 15) is 0 Å². The fourth-order valence-electron chi connectivity index (χ4n) is 2.26. The van der Waals surface area contributed by atoms with Gasteiger partial charge in [-0.05, 0) is 25.5 Å². The van der Waals surface area contributed by atoms with Gasteiger partial charge in [-0.25, -0.2) is 0 Å². The summed E-state index contributed by atoms with van der Waals surface area (Å²) in [7, 11) is 0. The Kier molecular flexibility index (Phi) is 3.56. The molecule has 16 heavy (non-hydrogen) atoms. The number of hydrogen-bond acceptors (Lipinski definition) is 3. The Labute approximate surface area is 97.9 Å². The van der Waals surface area contributed by atoms with Gasteiger partial charge in [0.25, 0.3) is 0 Å². The van der Waals surface area contributed by atoms with Crippen molar-refractivity contribution in [1.82, 2.24) is 15.2 Å². The van der Waals surface area contributed by atoms with Crippen LogP contribution < -0.4 is 5.32 Å². The van der Waals surface area contributed by atoms with Crippen molar-refractivity contribution in [2.45, 2.75) is 32.4 Å². The summed E-state index contributed by atoms with van der Waals surface area (Å²) in [5, 5.41) is 3.48. The number of nitrogens with one attached hydrogen (secondary N) is 1. The molecule has 3 heteroatoms. The van der Waals surface area contributed by atoms with Crippen molar-refractivity contribution in [2.24, 2.45) is 0 Å². The molecule has 0 spiro atoms. The highest BCUT2D eigenvalue weighted by Crippen LogP contribution is 2.22. The van der Waals surface area contributed by atoms with E-state index in [0.717, 1.165) is 26.2 Å². The Morgan fingerprint density at radius 3 is 3.06 bits per heavy atom. The minimum absolute atomic E-state index is 0.274. The molecular formula is C13H21N3. The molecule has 0 aromatic carbocycles. The Morgan fingerprint density at radius 2 is 2.38 bits per heavy atom. The van der Waals surface area contributed by atoms with Gasteiger partial charge in [0.15, 0.2) is 0 Å². The third kappa shape index (κ3) is 2.42. The lowest BCUT2D eigenvalue weighted by molar-refractivity contribution is 0.0625. The average Bonchev–Trinajstić information content (AvgIpc) is 2.34. The SMILES string of the molecule is CCC1(C)CNCCN1Cc1ccccn1. The fraction of sp³-hybridized carbons (Fsp3) is 0.615. The van der Waals surface area contributed by atoms with Gasteiger partial charge in [0.05, 0.1) is 5.69 Å². The Hall–Kier alpha value is -0.930. The molecule has 88 valence electrons. The van der Waals surface area contributed by atoms with Crippen LogP contribution in [0.5, 0.6) is 0 Å². The molecule has 1 aliphatic rings. The van der Waals surface area contributed by atoms with E-state index < -0.39 is 0 Å². The minimum Gasteiger partial charge on any atom is -0.314 e. The van der Waals surface area contributed by atoms with E-state index in [2.05, 4.69) is 41.2 Å². The molecule has 1 aliphatic heterocycles. The minimum atomic E-state index is 0.274. The molecular weight excluding hydrogens is 198 g/mol. The second-order valence-corrected chi connectivity index (χ2v) is 4.77. The molecule has 1 unspecified atom stereocenters. The van der Waals surface area contributed by atoms with E-state index >= 15 is 0 Å². The van der Waals surface area contributed by atoms with Crippen LogP contribution in [0.15, 0.2) is 24.4 Å². The number of hydrogen-bond donors (Lipinski definition) is 1. The summed E-state index contributed by atoms with van der Waals surface area (Å²) in [4.78, 5) is 6.96. The highest BCUT2D eigenvalue weighted by Gasteiger charge is 2.32. The monoisotopic (exact) mass is 219 g/mol. The second kappa shape index (κ2) is 4.93. The van der Waals surface area contributed by atoms with E-state index in [0.29, 0.717) is 0 Å². The molecule has 0 bridgehead atoms. The zero-order valence-electron chi connectivity index (χ0n) is 10.2. The zero-order chi connectivity index (χ0) is 11.4. The predicted octanol–water partition coefficient (Wildman–Crippen LogP) is 1.66. The first-order valence-corrected chi connectivity index (χ1v) is 6.10. The summed E-state index contributed by atoms with van der Waals surface area (Å²) in [6, 6.07) is 6.15. The lowest BCUT2D eigenvalue weighted by atomic mass is 9.94. The predicted molar refractivity (Wildman–Crippen MR) is 66.2 cm³/mol. The summed E-state index contributed by atoms with van der Waals surface area (Å²) in [5.41, 5.74) is 1.44. The summed E-state index contributed by atoms with van der Waals surface area (Å²) >= 11 is 0. The molecule has 0 radical (unpaired) electrons. The normalized spacial score (nSPS) is 26.9. The summed E-state index contributed by atoms with van der Waals surface area (Å²) in [6.07, 6.45) is 3.05. The molecule has 3 nitrogen and oxygen atoms in total. The number of nitrogens with zero attached hydrogens (tertiary/aromatic N) is 2. The first-order valence-electron chi connectivity index (χ1n) is 6.10. The van der Waals surface area contributed by atoms with Crippen molar-refractivity contribution in [3.8, 4) is 0 Å². The van der Waals surface area contributed by atoms with Crippen LogP contribution in [0.3, 0.4) is 0 Å². The van der Waals surface area contributed by atoms with Crippen LogP contribution in [0.4, 0.5) is 0 Å². The van der Waals surface area contributed by atoms with Crippen LogP contribution in [-0.2, 0) is 6.54 Å². The van der Waals surface area contributed by atoms with Gasteiger partial charge >= 0.3 is 0 Å². The highest BCUT2D eigenvalue weighted by molar-refractivity contribution is 5.05. The molecule has 0 amide bonds. The first kappa shape index (κ1) is 11.6. The first-order chi connectivity index (χ1) is 7.74. The van der Waals surface area contributed by atoms with Crippen molar-refractivity contribution < 1.29 is 0 Å². The fourth-order valence-corrected chi connectivity index (χ4v) is 2.26. The van der Waals surface area contributed by atoms with Crippen molar-refractivity contribution in [3.05, 3.63) is 30.1 Å². The molecule has 1 saturated heterocycles. The molecule has 2 heterocycles. The number of pyridine rings is 1. The number of aromatic nitrogens is 1. The molecule has 1 N–H and O–H groups in total. The second-order valence-electron chi connectivity index (χ2n) is 4.77. The molecule has 1 atom stereocenters. The standard InChI is InChI=1S/C13H21N3/c1-3-13(2)11-14-8-9-16(13)10-12-6-4-5-7-15-12/h4-7,14H,3,8-11H2,1-2H3. The average molecular weight is 219 g/mol. The molecule has 0 aliphatic carbocycles. The Morgan fingerprint density at radius 1 is 1.50 bits per heavy atom.